The van der Waals surface area contributed by atoms with Gasteiger partial charge in [-0.2, -0.15) is 4.31 Å². The lowest BCUT2D eigenvalue weighted by atomic mass is 9.91. The standard InChI is InChI=1S/C20H24ClNO3S/c1-2-25-20-15-18(8-9-19(20)21)26(23,24)22-12-10-17(11-13-22)14-16-6-4-3-5-7-16/h3-9,15,17H,2,10-14H2,1H3. The normalized spacial score (nSPS) is 16.5. The van der Waals surface area contributed by atoms with Gasteiger partial charge in [-0.05, 0) is 49.8 Å². The smallest absolute Gasteiger partial charge is 0.243 e. The summed E-state index contributed by atoms with van der Waals surface area (Å²) in [6.07, 6.45) is 2.75. The third-order valence-electron chi connectivity index (χ3n) is 4.78. The van der Waals surface area contributed by atoms with Crippen LogP contribution in [0.25, 0.3) is 0 Å². The molecule has 26 heavy (non-hydrogen) atoms. The van der Waals surface area contributed by atoms with Crippen molar-refractivity contribution in [3.8, 4) is 5.75 Å². The molecule has 0 N–H and O–H groups in total. The van der Waals surface area contributed by atoms with E-state index in [0.717, 1.165) is 19.3 Å². The number of piperidine rings is 1. The van der Waals surface area contributed by atoms with E-state index in [0.29, 0.717) is 36.4 Å². The number of hydrogen-bond acceptors (Lipinski definition) is 3. The summed E-state index contributed by atoms with van der Waals surface area (Å²) in [7, 11) is -3.52. The van der Waals surface area contributed by atoms with Crippen molar-refractivity contribution in [2.75, 3.05) is 19.7 Å². The van der Waals surface area contributed by atoms with E-state index in [1.807, 2.05) is 25.1 Å². The maximum atomic E-state index is 12.9. The quantitative estimate of drug-likeness (QED) is 0.731. The lowest BCUT2D eigenvalue weighted by Crippen LogP contribution is -2.38. The van der Waals surface area contributed by atoms with E-state index in [-0.39, 0.29) is 4.90 Å². The molecule has 0 amide bonds. The Kier molecular flexibility index (Phi) is 6.22. The van der Waals surface area contributed by atoms with Gasteiger partial charge in [-0.15, -0.1) is 0 Å². The first-order valence-corrected chi connectivity index (χ1v) is 10.8. The van der Waals surface area contributed by atoms with Crippen LogP contribution in [0.2, 0.25) is 5.02 Å². The highest BCUT2D eigenvalue weighted by atomic mass is 35.5. The molecule has 0 saturated carbocycles. The Morgan fingerprint density at radius 3 is 2.46 bits per heavy atom. The summed E-state index contributed by atoms with van der Waals surface area (Å²) in [5.41, 5.74) is 1.31. The molecule has 3 rings (SSSR count). The molecule has 0 aliphatic carbocycles. The maximum absolute atomic E-state index is 12.9. The second-order valence-electron chi connectivity index (χ2n) is 6.56. The van der Waals surface area contributed by atoms with Gasteiger partial charge in [0.05, 0.1) is 16.5 Å². The summed E-state index contributed by atoms with van der Waals surface area (Å²) in [6, 6.07) is 15.0. The third kappa shape index (κ3) is 4.40. The van der Waals surface area contributed by atoms with Crippen molar-refractivity contribution in [3.63, 3.8) is 0 Å². The third-order valence-corrected chi connectivity index (χ3v) is 6.99. The van der Waals surface area contributed by atoms with Crippen molar-refractivity contribution in [1.29, 1.82) is 0 Å². The average Bonchev–Trinajstić information content (AvgIpc) is 2.65. The van der Waals surface area contributed by atoms with Crippen LogP contribution in [0.4, 0.5) is 0 Å². The zero-order chi connectivity index (χ0) is 18.6. The SMILES string of the molecule is CCOc1cc(S(=O)(=O)N2CCC(Cc3ccccc3)CC2)ccc1Cl. The maximum Gasteiger partial charge on any atom is 0.243 e. The number of nitrogens with zero attached hydrogens (tertiary/aromatic N) is 1. The monoisotopic (exact) mass is 393 g/mol. The molecule has 1 aliphatic rings. The van der Waals surface area contributed by atoms with Gasteiger partial charge in [-0.3, -0.25) is 0 Å². The molecular weight excluding hydrogens is 370 g/mol. The fraction of sp³-hybridized carbons (Fsp3) is 0.400. The van der Waals surface area contributed by atoms with Gasteiger partial charge in [0.2, 0.25) is 10.0 Å². The van der Waals surface area contributed by atoms with Gasteiger partial charge in [0, 0.05) is 19.2 Å². The minimum atomic E-state index is -3.52. The van der Waals surface area contributed by atoms with Crippen LogP contribution < -0.4 is 4.74 Å². The minimum absolute atomic E-state index is 0.242. The molecule has 0 aromatic heterocycles. The molecule has 0 atom stereocenters. The molecule has 1 fully saturated rings. The summed E-state index contributed by atoms with van der Waals surface area (Å²) in [6.45, 7) is 3.38. The number of halogens is 1. The zero-order valence-corrected chi connectivity index (χ0v) is 16.5. The predicted octanol–water partition coefficient (Wildman–Crippen LogP) is 4.38. The van der Waals surface area contributed by atoms with Crippen molar-refractivity contribution in [1.82, 2.24) is 4.31 Å². The number of rotatable bonds is 6. The first-order chi connectivity index (χ1) is 12.5. The molecule has 2 aromatic carbocycles. The van der Waals surface area contributed by atoms with Gasteiger partial charge in [0.15, 0.2) is 0 Å². The highest BCUT2D eigenvalue weighted by molar-refractivity contribution is 7.89. The number of benzene rings is 2. The predicted molar refractivity (Wildman–Crippen MR) is 104 cm³/mol. The lowest BCUT2D eigenvalue weighted by molar-refractivity contribution is 0.272. The van der Waals surface area contributed by atoms with Crippen LogP contribution in [0.15, 0.2) is 53.4 Å². The molecule has 4 nitrogen and oxygen atoms in total. The van der Waals surface area contributed by atoms with Crippen LogP contribution in [0.3, 0.4) is 0 Å². The summed E-state index contributed by atoms with van der Waals surface area (Å²) >= 11 is 6.07. The van der Waals surface area contributed by atoms with Crippen LogP contribution in [0, 0.1) is 5.92 Å². The second-order valence-corrected chi connectivity index (χ2v) is 8.91. The van der Waals surface area contributed by atoms with E-state index in [2.05, 4.69) is 12.1 Å². The van der Waals surface area contributed by atoms with Crippen molar-refractivity contribution in [2.24, 2.45) is 5.92 Å². The summed E-state index contributed by atoms with van der Waals surface area (Å²) in [5.74, 6) is 0.933. The molecule has 0 spiro atoms. The Bertz CT molecular complexity index is 831. The van der Waals surface area contributed by atoms with E-state index in [9.17, 15) is 8.42 Å². The molecule has 0 unspecified atom stereocenters. The first kappa shape index (κ1) is 19.2. The van der Waals surface area contributed by atoms with E-state index in [1.165, 1.54) is 11.6 Å². The molecule has 1 aliphatic heterocycles. The van der Waals surface area contributed by atoms with Gasteiger partial charge in [-0.25, -0.2) is 8.42 Å². The van der Waals surface area contributed by atoms with Gasteiger partial charge >= 0.3 is 0 Å². The molecule has 1 heterocycles. The van der Waals surface area contributed by atoms with Crippen LogP contribution in [-0.4, -0.2) is 32.4 Å². The van der Waals surface area contributed by atoms with E-state index in [1.54, 1.807) is 16.4 Å². The Hall–Kier alpha value is -1.56. The molecule has 2 aromatic rings. The van der Waals surface area contributed by atoms with E-state index >= 15 is 0 Å². The fourth-order valence-corrected chi connectivity index (χ4v) is 5.02. The minimum Gasteiger partial charge on any atom is -0.492 e. The Balaban J connectivity index is 1.67. The largest absolute Gasteiger partial charge is 0.492 e. The van der Waals surface area contributed by atoms with Crippen molar-refractivity contribution in [2.45, 2.75) is 31.1 Å². The Labute approximate surface area is 160 Å². The van der Waals surface area contributed by atoms with Crippen molar-refractivity contribution >= 4 is 21.6 Å². The van der Waals surface area contributed by atoms with Gasteiger partial charge in [0.1, 0.15) is 5.75 Å². The molecule has 0 radical (unpaired) electrons. The molecule has 140 valence electrons. The average molecular weight is 394 g/mol. The first-order valence-electron chi connectivity index (χ1n) is 8.97. The van der Waals surface area contributed by atoms with Gasteiger partial charge in [-0.1, -0.05) is 41.9 Å². The number of sulfonamides is 1. The summed E-state index contributed by atoms with van der Waals surface area (Å²) in [4.78, 5) is 0.242. The zero-order valence-electron chi connectivity index (χ0n) is 14.9. The van der Waals surface area contributed by atoms with Crippen LogP contribution in [0.5, 0.6) is 5.75 Å². The Morgan fingerprint density at radius 1 is 1.12 bits per heavy atom. The van der Waals surface area contributed by atoms with Crippen molar-refractivity contribution in [3.05, 3.63) is 59.1 Å². The molecule has 0 bridgehead atoms. The number of ether oxygens (including phenoxy) is 1. The summed E-state index contributed by atoms with van der Waals surface area (Å²) in [5, 5.41) is 0.423. The number of hydrogen-bond donors (Lipinski definition) is 0. The molecule has 1 saturated heterocycles. The summed E-state index contributed by atoms with van der Waals surface area (Å²) < 4.78 is 32.9. The van der Waals surface area contributed by atoms with Crippen molar-refractivity contribution < 1.29 is 13.2 Å². The second kappa shape index (κ2) is 8.42. The highest BCUT2D eigenvalue weighted by Crippen LogP contribution is 2.31. The van der Waals surface area contributed by atoms with Crippen LogP contribution in [0.1, 0.15) is 25.3 Å². The van der Waals surface area contributed by atoms with E-state index in [4.69, 9.17) is 16.3 Å². The lowest BCUT2D eigenvalue weighted by Gasteiger charge is -2.31. The molecule has 6 heteroatoms. The van der Waals surface area contributed by atoms with Crippen LogP contribution >= 0.6 is 11.6 Å². The fourth-order valence-electron chi connectivity index (χ4n) is 3.36. The van der Waals surface area contributed by atoms with Gasteiger partial charge < -0.3 is 4.74 Å². The molecular formula is C20H24ClNO3S. The van der Waals surface area contributed by atoms with Crippen LogP contribution in [-0.2, 0) is 16.4 Å². The van der Waals surface area contributed by atoms with Gasteiger partial charge in [0.25, 0.3) is 0 Å². The van der Waals surface area contributed by atoms with E-state index < -0.39 is 10.0 Å². The topological polar surface area (TPSA) is 46.6 Å². The Morgan fingerprint density at radius 2 is 1.81 bits per heavy atom. The highest BCUT2D eigenvalue weighted by Gasteiger charge is 2.30.